The minimum Gasteiger partial charge on any atom is -0.290 e. The molecule has 2 aromatic heterocycles. The average molecular weight is 369 g/mol. The van der Waals surface area contributed by atoms with E-state index in [1.54, 1.807) is 42.6 Å². The molecule has 0 aliphatic heterocycles. The van der Waals surface area contributed by atoms with Gasteiger partial charge >= 0.3 is 0 Å². The molecule has 0 fully saturated rings. The topological polar surface area (TPSA) is 76.9 Å². The van der Waals surface area contributed by atoms with Gasteiger partial charge in [0.05, 0.1) is 0 Å². The molecule has 0 atom stereocenters. The lowest BCUT2D eigenvalue weighted by Gasteiger charge is -2.11. The van der Waals surface area contributed by atoms with Gasteiger partial charge in [0.1, 0.15) is 5.82 Å². The van der Waals surface area contributed by atoms with E-state index < -0.39 is 10.0 Å². The third-order valence-electron chi connectivity index (χ3n) is 2.94. The zero-order valence-corrected chi connectivity index (χ0v) is 13.8. The average Bonchev–Trinajstić information content (AvgIpc) is 3.00. The molecule has 0 saturated heterocycles. The molecule has 0 amide bonds. The summed E-state index contributed by atoms with van der Waals surface area (Å²) in [5.74, 6) is 0.353. The second-order valence-electron chi connectivity index (χ2n) is 4.51. The minimum absolute atomic E-state index is 0.0298. The monoisotopic (exact) mass is 368 g/mol. The molecule has 1 N–H and O–H groups in total. The van der Waals surface area contributed by atoms with Crippen LogP contribution in [-0.2, 0) is 10.0 Å². The summed E-state index contributed by atoms with van der Waals surface area (Å²) in [4.78, 5) is 7.80. The molecule has 1 aromatic carbocycles. The molecule has 0 spiro atoms. The van der Waals surface area contributed by atoms with Crippen molar-refractivity contribution in [3.05, 3.63) is 65.2 Å². The van der Waals surface area contributed by atoms with Gasteiger partial charge in [0.2, 0.25) is 5.28 Å². The van der Waals surface area contributed by atoms with Gasteiger partial charge in [-0.15, -0.1) is 0 Å². The highest BCUT2D eigenvalue weighted by atomic mass is 35.5. The molecule has 0 bridgehead atoms. The van der Waals surface area contributed by atoms with Crippen molar-refractivity contribution in [1.82, 2.24) is 14.5 Å². The lowest BCUT2D eigenvalue weighted by atomic mass is 10.3. The Hall–Kier alpha value is -2.09. The molecule has 0 aliphatic carbocycles. The summed E-state index contributed by atoms with van der Waals surface area (Å²) in [5.41, 5.74) is 0.405. The summed E-state index contributed by atoms with van der Waals surface area (Å²) in [6.07, 6.45) is 3.03. The lowest BCUT2D eigenvalue weighted by molar-refractivity contribution is 0.594. The Morgan fingerprint density at radius 1 is 1.04 bits per heavy atom. The predicted octanol–water partition coefficient (Wildman–Crippen LogP) is 3.37. The van der Waals surface area contributed by atoms with Crippen LogP contribution in [0.1, 0.15) is 0 Å². The molecule has 2 heterocycles. The molecule has 23 heavy (non-hydrogen) atoms. The maximum absolute atomic E-state index is 12.6. The molecule has 0 radical (unpaired) electrons. The van der Waals surface area contributed by atoms with Crippen molar-refractivity contribution in [3.8, 4) is 5.82 Å². The largest absolute Gasteiger partial charge is 0.290 e. The second-order valence-corrected chi connectivity index (χ2v) is 6.92. The highest BCUT2D eigenvalue weighted by molar-refractivity contribution is 7.92. The fourth-order valence-electron chi connectivity index (χ4n) is 1.96. The second kappa shape index (κ2) is 6.19. The van der Waals surface area contributed by atoms with Crippen LogP contribution in [0.2, 0.25) is 10.3 Å². The fraction of sp³-hybridized carbons (Fsp3) is 0. The normalized spacial score (nSPS) is 11.4. The highest BCUT2D eigenvalue weighted by Gasteiger charge is 2.20. The van der Waals surface area contributed by atoms with Crippen molar-refractivity contribution in [2.24, 2.45) is 0 Å². The number of hydrogen-bond donors (Lipinski definition) is 1. The van der Waals surface area contributed by atoms with E-state index in [0.717, 1.165) is 0 Å². The number of benzene rings is 1. The zero-order valence-electron chi connectivity index (χ0n) is 11.5. The molecule has 6 nitrogen and oxygen atoms in total. The first-order chi connectivity index (χ1) is 11.0. The SMILES string of the molecule is O=S(=O)(Nc1ccc(Cl)cc1)c1cccn1-c1ccnc(Cl)n1. The molecular weight excluding hydrogens is 359 g/mol. The maximum Gasteiger partial charge on any atom is 0.277 e. The van der Waals surface area contributed by atoms with Crippen LogP contribution < -0.4 is 4.72 Å². The highest BCUT2D eigenvalue weighted by Crippen LogP contribution is 2.21. The number of aromatic nitrogens is 3. The van der Waals surface area contributed by atoms with Crippen molar-refractivity contribution in [2.75, 3.05) is 4.72 Å². The van der Waals surface area contributed by atoms with Gasteiger partial charge in [0, 0.05) is 23.1 Å². The first kappa shape index (κ1) is 15.8. The third kappa shape index (κ3) is 3.47. The smallest absolute Gasteiger partial charge is 0.277 e. The Labute approximate surface area is 142 Å². The van der Waals surface area contributed by atoms with E-state index in [4.69, 9.17) is 23.2 Å². The zero-order chi connectivity index (χ0) is 16.4. The minimum atomic E-state index is -3.81. The molecule has 3 aromatic rings. The van der Waals surface area contributed by atoms with E-state index >= 15 is 0 Å². The first-order valence-corrected chi connectivity index (χ1v) is 8.64. The summed E-state index contributed by atoms with van der Waals surface area (Å²) in [7, 11) is -3.81. The Bertz CT molecular complexity index is 939. The lowest BCUT2D eigenvalue weighted by Crippen LogP contribution is -2.17. The van der Waals surface area contributed by atoms with Gasteiger partial charge in [-0.2, -0.15) is 13.4 Å². The standard InChI is InChI=1S/C14H10Cl2N4O2S/c15-10-3-5-11(6-4-10)19-23(21,22)13-2-1-9-20(13)12-7-8-17-14(16)18-12/h1-9,19H. The molecular formula is C14H10Cl2N4O2S. The van der Waals surface area contributed by atoms with Crippen LogP contribution in [0, 0.1) is 0 Å². The fourth-order valence-corrected chi connectivity index (χ4v) is 3.45. The van der Waals surface area contributed by atoms with E-state index in [1.165, 1.54) is 16.8 Å². The Balaban J connectivity index is 1.98. The van der Waals surface area contributed by atoms with E-state index in [2.05, 4.69) is 14.7 Å². The summed E-state index contributed by atoms with van der Waals surface area (Å²) in [6.45, 7) is 0. The summed E-state index contributed by atoms with van der Waals surface area (Å²) >= 11 is 11.6. The van der Waals surface area contributed by atoms with Crippen LogP contribution in [0.15, 0.2) is 59.9 Å². The molecule has 118 valence electrons. The first-order valence-electron chi connectivity index (χ1n) is 6.40. The van der Waals surface area contributed by atoms with E-state index in [-0.39, 0.29) is 10.3 Å². The number of halogens is 2. The van der Waals surface area contributed by atoms with Crippen LogP contribution in [0.3, 0.4) is 0 Å². The third-order valence-corrected chi connectivity index (χ3v) is 4.76. The van der Waals surface area contributed by atoms with Gasteiger partial charge in [-0.25, -0.2) is 4.98 Å². The quantitative estimate of drug-likeness (QED) is 0.716. The van der Waals surface area contributed by atoms with Crippen molar-refractivity contribution >= 4 is 38.9 Å². The molecule has 0 saturated carbocycles. The summed E-state index contributed by atoms with van der Waals surface area (Å²) < 4.78 is 29.1. The van der Waals surface area contributed by atoms with Crippen molar-refractivity contribution in [2.45, 2.75) is 5.03 Å². The number of hydrogen-bond acceptors (Lipinski definition) is 4. The van der Waals surface area contributed by atoms with Crippen LogP contribution in [0.4, 0.5) is 5.69 Å². The van der Waals surface area contributed by atoms with Gasteiger partial charge in [-0.1, -0.05) is 11.6 Å². The number of rotatable bonds is 4. The van der Waals surface area contributed by atoms with E-state index in [1.807, 2.05) is 0 Å². The number of nitrogens with zero attached hydrogens (tertiary/aromatic N) is 3. The molecule has 0 unspecified atom stereocenters. The van der Waals surface area contributed by atoms with Crippen molar-refractivity contribution in [3.63, 3.8) is 0 Å². The Morgan fingerprint density at radius 2 is 1.78 bits per heavy atom. The van der Waals surface area contributed by atoms with E-state index in [9.17, 15) is 8.42 Å². The summed E-state index contributed by atoms with van der Waals surface area (Å²) in [6, 6.07) is 11.0. The van der Waals surface area contributed by atoms with Gasteiger partial charge < -0.3 is 0 Å². The number of nitrogens with one attached hydrogen (secondary N) is 1. The molecule has 3 rings (SSSR count). The number of sulfonamides is 1. The molecule has 0 aliphatic rings. The molecule has 9 heteroatoms. The van der Waals surface area contributed by atoms with Crippen LogP contribution in [0.25, 0.3) is 5.82 Å². The predicted molar refractivity (Wildman–Crippen MR) is 88.6 cm³/mol. The van der Waals surface area contributed by atoms with Gasteiger partial charge in [-0.3, -0.25) is 9.29 Å². The summed E-state index contributed by atoms with van der Waals surface area (Å²) in [5, 5.41) is 0.583. The number of anilines is 1. The Morgan fingerprint density at radius 3 is 2.48 bits per heavy atom. The Kier molecular flexibility index (Phi) is 4.25. The van der Waals surface area contributed by atoms with Gasteiger partial charge in [-0.05, 0) is 54.1 Å². The van der Waals surface area contributed by atoms with Crippen LogP contribution >= 0.6 is 23.2 Å². The van der Waals surface area contributed by atoms with Crippen molar-refractivity contribution < 1.29 is 8.42 Å². The van der Waals surface area contributed by atoms with Crippen LogP contribution in [-0.4, -0.2) is 23.0 Å². The maximum atomic E-state index is 12.6. The van der Waals surface area contributed by atoms with Gasteiger partial charge in [0.15, 0.2) is 5.03 Å². The van der Waals surface area contributed by atoms with Crippen LogP contribution in [0.5, 0.6) is 0 Å². The van der Waals surface area contributed by atoms with Gasteiger partial charge in [0.25, 0.3) is 10.0 Å². The van der Waals surface area contributed by atoms with E-state index in [0.29, 0.717) is 16.5 Å². The van der Waals surface area contributed by atoms with Crippen molar-refractivity contribution in [1.29, 1.82) is 0 Å².